The van der Waals surface area contributed by atoms with Gasteiger partial charge in [0.15, 0.2) is 5.58 Å². The standard InChI is InChI=1S/C14H9ClFNO/c15-8-9-1-3-10(4-2-9)14-17-12-6-5-11(16)7-13(12)18-14/h1-7H,8H2. The third kappa shape index (κ3) is 1.97. The van der Waals surface area contributed by atoms with Gasteiger partial charge in [-0.3, -0.25) is 0 Å². The third-order valence-electron chi connectivity index (χ3n) is 2.71. The van der Waals surface area contributed by atoms with E-state index in [1.807, 2.05) is 24.3 Å². The fraction of sp³-hybridized carbons (Fsp3) is 0.0714. The maximum atomic E-state index is 13.0. The maximum Gasteiger partial charge on any atom is 0.227 e. The molecule has 1 heterocycles. The molecule has 0 atom stereocenters. The average molecular weight is 262 g/mol. The van der Waals surface area contributed by atoms with Gasteiger partial charge in [0.2, 0.25) is 5.89 Å². The molecule has 0 saturated carbocycles. The summed E-state index contributed by atoms with van der Waals surface area (Å²) >= 11 is 5.73. The lowest BCUT2D eigenvalue weighted by molar-refractivity contribution is 0.602. The predicted molar refractivity (Wildman–Crippen MR) is 69.0 cm³/mol. The number of rotatable bonds is 2. The fourth-order valence-corrected chi connectivity index (χ4v) is 1.94. The Labute approximate surface area is 108 Å². The molecule has 0 N–H and O–H groups in total. The summed E-state index contributed by atoms with van der Waals surface area (Å²) in [4.78, 5) is 4.31. The van der Waals surface area contributed by atoms with E-state index >= 15 is 0 Å². The van der Waals surface area contributed by atoms with E-state index in [2.05, 4.69) is 4.98 Å². The predicted octanol–water partition coefficient (Wildman–Crippen LogP) is 4.37. The smallest absolute Gasteiger partial charge is 0.227 e. The number of alkyl halides is 1. The summed E-state index contributed by atoms with van der Waals surface area (Å²) < 4.78 is 18.6. The average Bonchev–Trinajstić information content (AvgIpc) is 2.81. The van der Waals surface area contributed by atoms with Crippen molar-refractivity contribution in [2.75, 3.05) is 0 Å². The number of fused-ring (bicyclic) bond motifs is 1. The Morgan fingerprint density at radius 1 is 1.11 bits per heavy atom. The van der Waals surface area contributed by atoms with Crippen LogP contribution >= 0.6 is 11.6 Å². The largest absolute Gasteiger partial charge is 0.436 e. The number of aromatic nitrogens is 1. The maximum absolute atomic E-state index is 13.0. The highest BCUT2D eigenvalue weighted by molar-refractivity contribution is 6.17. The van der Waals surface area contributed by atoms with Crippen molar-refractivity contribution in [2.24, 2.45) is 0 Å². The Morgan fingerprint density at radius 3 is 2.61 bits per heavy atom. The van der Waals surface area contributed by atoms with Gasteiger partial charge in [-0.25, -0.2) is 9.37 Å². The summed E-state index contributed by atoms with van der Waals surface area (Å²) in [6, 6.07) is 11.9. The van der Waals surface area contributed by atoms with Crippen molar-refractivity contribution in [2.45, 2.75) is 5.88 Å². The molecular formula is C14H9ClFNO. The van der Waals surface area contributed by atoms with Gasteiger partial charge in [-0.05, 0) is 29.8 Å². The Bertz CT molecular complexity index is 691. The first-order chi connectivity index (χ1) is 8.76. The van der Waals surface area contributed by atoms with Gasteiger partial charge in [0.1, 0.15) is 11.3 Å². The van der Waals surface area contributed by atoms with Crippen molar-refractivity contribution in [3.8, 4) is 11.5 Å². The van der Waals surface area contributed by atoms with Gasteiger partial charge in [-0.15, -0.1) is 11.6 Å². The molecule has 2 aromatic carbocycles. The van der Waals surface area contributed by atoms with Gasteiger partial charge < -0.3 is 4.42 Å². The third-order valence-corrected chi connectivity index (χ3v) is 3.01. The van der Waals surface area contributed by atoms with Crippen molar-refractivity contribution in [1.82, 2.24) is 4.98 Å². The van der Waals surface area contributed by atoms with E-state index in [4.69, 9.17) is 16.0 Å². The highest BCUT2D eigenvalue weighted by Gasteiger charge is 2.08. The van der Waals surface area contributed by atoms with Crippen molar-refractivity contribution in [3.63, 3.8) is 0 Å². The zero-order chi connectivity index (χ0) is 12.5. The molecule has 0 unspecified atom stereocenters. The molecule has 0 spiro atoms. The van der Waals surface area contributed by atoms with Gasteiger partial charge in [0.25, 0.3) is 0 Å². The number of oxazole rings is 1. The second kappa shape index (κ2) is 4.42. The van der Waals surface area contributed by atoms with Crippen molar-refractivity contribution >= 4 is 22.7 Å². The van der Waals surface area contributed by atoms with Crippen molar-refractivity contribution < 1.29 is 8.81 Å². The van der Waals surface area contributed by atoms with Gasteiger partial charge in [0, 0.05) is 17.5 Å². The van der Waals surface area contributed by atoms with Crippen LogP contribution in [0.15, 0.2) is 46.9 Å². The quantitative estimate of drug-likeness (QED) is 0.640. The molecule has 0 aliphatic heterocycles. The second-order valence-electron chi connectivity index (χ2n) is 3.96. The summed E-state index contributed by atoms with van der Waals surface area (Å²) in [6.07, 6.45) is 0. The zero-order valence-corrected chi connectivity index (χ0v) is 10.1. The molecule has 3 rings (SSSR count). The Morgan fingerprint density at radius 2 is 1.89 bits per heavy atom. The molecule has 2 nitrogen and oxygen atoms in total. The first kappa shape index (κ1) is 11.2. The van der Waals surface area contributed by atoms with Crippen LogP contribution in [0, 0.1) is 5.82 Å². The minimum Gasteiger partial charge on any atom is -0.436 e. The number of halogens is 2. The molecule has 1 aromatic heterocycles. The van der Waals surface area contributed by atoms with E-state index < -0.39 is 0 Å². The summed E-state index contributed by atoms with van der Waals surface area (Å²) in [5, 5.41) is 0. The number of hydrogen-bond donors (Lipinski definition) is 0. The van der Waals surface area contributed by atoms with E-state index in [0.717, 1.165) is 11.1 Å². The lowest BCUT2D eigenvalue weighted by atomic mass is 10.1. The molecular weight excluding hydrogens is 253 g/mol. The number of nitrogens with zero attached hydrogens (tertiary/aromatic N) is 1. The molecule has 0 fully saturated rings. The van der Waals surface area contributed by atoms with Crippen LogP contribution in [-0.2, 0) is 5.88 Å². The SMILES string of the molecule is Fc1ccc2nc(-c3ccc(CCl)cc3)oc2c1. The Balaban J connectivity index is 2.07. The summed E-state index contributed by atoms with van der Waals surface area (Å²) in [5.74, 6) is 0.624. The Kier molecular flexibility index (Phi) is 2.76. The van der Waals surface area contributed by atoms with Crippen LogP contribution in [0.1, 0.15) is 5.56 Å². The number of benzene rings is 2. The summed E-state index contributed by atoms with van der Waals surface area (Å²) in [6.45, 7) is 0. The molecule has 0 bridgehead atoms. The zero-order valence-electron chi connectivity index (χ0n) is 9.36. The van der Waals surface area contributed by atoms with Crippen LogP contribution in [0.25, 0.3) is 22.6 Å². The van der Waals surface area contributed by atoms with Crippen LogP contribution in [0.4, 0.5) is 4.39 Å². The number of hydrogen-bond acceptors (Lipinski definition) is 2. The molecule has 0 amide bonds. The van der Waals surface area contributed by atoms with Crippen LogP contribution in [0.2, 0.25) is 0 Å². The van der Waals surface area contributed by atoms with Gasteiger partial charge >= 0.3 is 0 Å². The van der Waals surface area contributed by atoms with E-state index in [0.29, 0.717) is 22.9 Å². The highest BCUT2D eigenvalue weighted by atomic mass is 35.5. The molecule has 3 aromatic rings. The first-order valence-corrected chi connectivity index (χ1v) is 6.01. The van der Waals surface area contributed by atoms with Gasteiger partial charge in [-0.2, -0.15) is 0 Å². The van der Waals surface area contributed by atoms with Crippen molar-refractivity contribution in [1.29, 1.82) is 0 Å². The summed E-state index contributed by atoms with van der Waals surface area (Å²) in [7, 11) is 0. The lowest BCUT2D eigenvalue weighted by Gasteiger charge is -1.97. The monoisotopic (exact) mass is 261 g/mol. The fourth-order valence-electron chi connectivity index (χ4n) is 1.76. The van der Waals surface area contributed by atoms with Crippen LogP contribution < -0.4 is 0 Å². The molecule has 4 heteroatoms. The molecule has 90 valence electrons. The van der Waals surface area contributed by atoms with Crippen LogP contribution in [-0.4, -0.2) is 4.98 Å². The van der Waals surface area contributed by atoms with E-state index in [9.17, 15) is 4.39 Å². The van der Waals surface area contributed by atoms with Gasteiger partial charge in [-0.1, -0.05) is 12.1 Å². The molecule has 0 saturated heterocycles. The normalized spacial score (nSPS) is 11.0. The molecule has 0 radical (unpaired) electrons. The minimum atomic E-state index is -0.331. The van der Waals surface area contributed by atoms with Gasteiger partial charge in [0.05, 0.1) is 0 Å². The lowest BCUT2D eigenvalue weighted by Crippen LogP contribution is -1.79. The van der Waals surface area contributed by atoms with Crippen molar-refractivity contribution in [3.05, 3.63) is 53.8 Å². The molecule has 0 aliphatic rings. The first-order valence-electron chi connectivity index (χ1n) is 5.47. The molecule has 18 heavy (non-hydrogen) atoms. The summed E-state index contributed by atoms with van der Waals surface area (Å²) in [5.41, 5.74) is 2.97. The van der Waals surface area contributed by atoms with Crippen LogP contribution in [0.3, 0.4) is 0 Å². The van der Waals surface area contributed by atoms with Crippen LogP contribution in [0.5, 0.6) is 0 Å². The highest BCUT2D eigenvalue weighted by Crippen LogP contribution is 2.25. The second-order valence-corrected chi connectivity index (χ2v) is 4.23. The molecule has 0 aliphatic carbocycles. The van der Waals surface area contributed by atoms with E-state index in [-0.39, 0.29) is 5.82 Å². The van der Waals surface area contributed by atoms with E-state index in [1.165, 1.54) is 12.1 Å². The Hall–Kier alpha value is -1.87. The topological polar surface area (TPSA) is 26.0 Å². The van der Waals surface area contributed by atoms with E-state index in [1.54, 1.807) is 6.07 Å². The minimum absolute atomic E-state index is 0.331.